The second-order valence-electron chi connectivity index (χ2n) is 6.02. The van der Waals surface area contributed by atoms with Gasteiger partial charge in [-0.3, -0.25) is 14.6 Å². The number of amides is 1. The molecule has 0 bridgehead atoms. The summed E-state index contributed by atoms with van der Waals surface area (Å²) >= 11 is 0. The minimum Gasteiger partial charge on any atom is -0.550 e. The third-order valence-corrected chi connectivity index (χ3v) is 4.01. The first-order chi connectivity index (χ1) is 11.9. The number of H-pyrrole nitrogens is 1. The summed E-state index contributed by atoms with van der Waals surface area (Å²) in [6.07, 6.45) is 2.43. The Balaban J connectivity index is 1.82. The molecule has 25 heavy (non-hydrogen) atoms. The van der Waals surface area contributed by atoms with E-state index in [0.29, 0.717) is 17.1 Å². The van der Waals surface area contributed by atoms with E-state index in [9.17, 15) is 19.5 Å². The highest BCUT2D eigenvalue weighted by Crippen LogP contribution is 2.19. The van der Waals surface area contributed by atoms with Crippen LogP contribution in [-0.2, 0) is 22.4 Å². The number of carbonyl (C=O) groups excluding carboxylic acids is 2. The lowest BCUT2D eigenvalue weighted by molar-refractivity contribution is -0.305. The van der Waals surface area contributed by atoms with Gasteiger partial charge in [-0.2, -0.15) is 9.78 Å². The lowest BCUT2D eigenvalue weighted by atomic mass is 10.2. The maximum absolute atomic E-state index is 12.2. The zero-order valence-corrected chi connectivity index (χ0v) is 13.8. The van der Waals surface area contributed by atoms with Gasteiger partial charge in [-0.25, -0.2) is 4.98 Å². The molecule has 0 fully saturated rings. The number of rotatable bonds is 6. The first-order valence-electron chi connectivity index (χ1n) is 8.13. The van der Waals surface area contributed by atoms with Gasteiger partial charge >= 0.3 is 0 Å². The SMILES string of the molecule is Cc1cc(NC(=O)CCCC(=O)[O-])n(-c2nc3c(c(=O)[nH]2)CCC3)n1. The minimum absolute atomic E-state index is 0.0480. The fraction of sp³-hybridized carbons (Fsp3) is 0.438. The van der Waals surface area contributed by atoms with Gasteiger partial charge in [0.2, 0.25) is 11.9 Å². The van der Waals surface area contributed by atoms with E-state index in [4.69, 9.17) is 0 Å². The molecule has 1 aliphatic rings. The molecule has 0 saturated carbocycles. The van der Waals surface area contributed by atoms with Crippen LogP contribution in [0.5, 0.6) is 0 Å². The largest absolute Gasteiger partial charge is 0.550 e. The van der Waals surface area contributed by atoms with Crippen LogP contribution in [-0.4, -0.2) is 31.6 Å². The van der Waals surface area contributed by atoms with Gasteiger partial charge in [0.15, 0.2) is 0 Å². The summed E-state index contributed by atoms with van der Waals surface area (Å²) in [5.41, 5.74) is 1.93. The van der Waals surface area contributed by atoms with E-state index >= 15 is 0 Å². The fourth-order valence-electron chi connectivity index (χ4n) is 2.88. The first-order valence-corrected chi connectivity index (χ1v) is 8.13. The average molecular weight is 344 g/mol. The molecule has 0 unspecified atom stereocenters. The number of carboxylic acids is 1. The van der Waals surface area contributed by atoms with Crippen molar-refractivity contribution in [1.82, 2.24) is 19.7 Å². The number of fused-ring (bicyclic) bond motifs is 1. The molecule has 1 aliphatic carbocycles. The number of hydrogen-bond acceptors (Lipinski definition) is 6. The van der Waals surface area contributed by atoms with Crippen molar-refractivity contribution < 1.29 is 14.7 Å². The van der Waals surface area contributed by atoms with E-state index in [-0.39, 0.29) is 36.7 Å². The molecule has 2 aromatic heterocycles. The standard InChI is InChI=1S/C16H19N5O4/c1-9-8-12(18-13(22)6-3-7-14(23)24)21(20-9)16-17-11-5-2-4-10(11)15(25)19-16/h8H,2-7H2,1H3,(H,18,22)(H,23,24)(H,17,19,25)/p-1. The summed E-state index contributed by atoms with van der Waals surface area (Å²) in [7, 11) is 0. The normalized spacial score (nSPS) is 12.8. The molecular formula is C16H18N5O4-. The smallest absolute Gasteiger partial charge is 0.255 e. The summed E-state index contributed by atoms with van der Waals surface area (Å²) in [4.78, 5) is 41.7. The van der Waals surface area contributed by atoms with Crippen molar-refractivity contribution in [2.45, 2.75) is 45.4 Å². The van der Waals surface area contributed by atoms with Crippen molar-refractivity contribution in [2.75, 3.05) is 5.32 Å². The van der Waals surface area contributed by atoms with Crippen molar-refractivity contribution in [3.63, 3.8) is 0 Å². The van der Waals surface area contributed by atoms with Crippen molar-refractivity contribution in [1.29, 1.82) is 0 Å². The van der Waals surface area contributed by atoms with Crippen molar-refractivity contribution in [2.24, 2.45) is 0 Å². The van der Waals surface area contributed by atoms with Gasteiger partial charge in [0.05, 0.1) is 11.4 Å². The molecule has 3 rings (SSSR count). The van der Waals surface area contributed by atoms with Gasteiger partial charge in [-0.1, -0.05) is 0 Å². The number of aromatic nitrogens is 4. The van der Waals surface area contributed by atoms with Crippen LogP contribution in [0.4, 0.5) is 5.82 Å². The zero-order chi connectivity index (χ0) is 18.0. The Morgan fingerprint density at radius 3 is 2.92 bits per heavy atom. The molecular weight excluding hydrogens is 326 g/mol. The number of aryl methyl sites for hydroxylation is 2. The first kappa shape index (κ1) is 16.9. The number of nitrogens with zero attached hydrogens (tertiary/aromatic N) is 3. The fourth-order valence-corrected chi connectivity index (χ4v) is 2.88. The van der Waals surface area contributed by atoms with Gasteiger partial charge in [0.1, 0.15) is 5.82 Å². The Labute approximate surface area is 143 Å². The highest BCUT2D eigenvalue weighted by Gasteiger charge is 2.19. The van der Waals surface area contributed by atoms with E-state index in [1.807, 2.05) is 0 Å². The van der Waals surface area contributed by atoms with Crippen LogP contribution >= 0.6 is 0 Å². The molecule has 0 aromatic carbocycles. The second-order valence-corrected chi connectivity index (χ2v) is 6.02. The zero-order valence-electron chi connectivity index (χ0n) is 13.8. The van der Waals surface area contributed by atoms with Crippen LogP contribution in [0.3, 0.4) is 0 Å². The molecule has 2 N–H and O–H groups in total. The highest BCUT2D eigenvalue weighted by molar-refractivity contribution is 5.90. The van der Waals surface area contributed by atoms with E-state index in [1.54, 1.807) is 13.0 Å². The number of hydrogen-bond donors (Lipinski definition) is 2. The average Bonchev–Trinajstić information content (AvgIpc) is 3.13. The Morgan fingerprint density at radius 2 is 2.16 bits per heavy atom. The number of carbonyl (C=O) groups is 2. The van der Waals surface area contributed by atoms with Crippen molar-refractivity contribution >= 4 is 17.7 Å². The van der Waals surface area contributed by atoms with E-state index < -0.39 is 5.97 Å². The third-order valence-electron chi connectivity index (χ3n) is 4.01. The van der Waals surface area contributed by atoms with Gasteiger partial charge in [0, 0.05) is 24.0 Å². The Morgan fingerprint density at radius 1 is 1.36 bits per heavy atom. The number of anilines is 1. The van der Waals surface area contributed by atoms with Crippen LogP contribution in [0.25, 0.3) is 5.95 Å². The molecule has 0 atom stereocenters. The summed E-state index contributed by atoms with van der Waals surface area (Å²) in [5, 5.41) is 17.4. The molecule has 9 nitrogen and oxygen atoms in total. The predicted molar refractivity (Wildman–Crippen MR) is 86.2 cm³/mol. The lowest BCUT2D eigenvalue weighted by Gasteiger charge is -2.09. The molecule has 0 saturated heterocycles. The molecule has 132 valence electrons. The van der Waals surface area contributed by atoms with Gasteiger partial charge < -0.3 is 15.2 Å². The Bertz CT molecular complexity index is 883. The van der Waals surface area contributed by atoms with Crippen LogP contribution in [0.1, 0.15) is 42.6 Å². The maximum atomic E-state index is 12.2. The van der Waals surface area contributed by atoms with E-state index in [2.05, 4.69) is 20.4 Å². The van der Waals surface area contributed by atoms with Gasteiger partial charge in [-0.05, 0) is 39.0 Å². The second kappa shape index (κ2) is 6.88. The molecule has 0 radical (unpaired) electrons. The topological polar surface area (TPSA) is 133 Å². The molecule has 2 heterocycles. The summed E-state index contributed by atoms with van der Waals surface area (Å²) in [6.45, 7) is 1.76. The predicted octanol–water partition coefficient (Wildman–Crippen LogP) is -0.389. The van der Waals surface area contributed by atoms with E-state index in [1.165, 1.54) is 4.68 Å². The lowest BCUT2D eigenvalue weighted by Crippen LogP contribution is -2.23. The van der Waals surface area contributed by atoms with E-state index in [0.717, 1.165) is 25.0 Å². The maximum Gasteiger partial charge on any atom is 0.255 e. The molecule has 9 heteroatoms. The van der Waals surface area contributed by atoms with Crippen LogP contribution in [0, 0.1) is 6.92 Å². The number of aromatic amines is 1. The van der Waals surface area contributed by atoms with Gasteiger partial charge in [-0.15, -0.1) is 0 Å². The van der Waals surface area contributed by atoms with Crippen molar-refractivity contribution in [3.05, 3.63) is 33.4 Å². The molecule has 1 amide bonds. The summed E-state index contributed by atoms with van der Waals surface area (Å²) < 4.78 is 1.38. The molecule has 0 aliphatic heterocycles. The number of nitrogens with one attached hydrogen (secondary N) is 2. The van der Waals surface area contributed by atoms with Crippen molar-refractivity contribution in [3.8, 4) is 5.95 Å². The summed E-state index contributed by atoms with van der Waals surface area (Å²) in [6, 6.07) is 1.66. The van der Waals surface area contributed by atoms with Crippen LogP contribution < -0.4 is 16.0 Å². The van der Waals surface area contributed by atoms with Crippen LogP contribution in [0.2, 0.25) is 0 Å². The summed E-state index contributed by atoms with van der Waals surface area (Å²) in [5.74, 6) is -0.902. The quantitative estimate of drug-likeness (QED) is 0.733. The number of carboxylic acid groups (broad SMARTS) is 1. The Hall–Kier alpha value is -2.97. The molecule has 2 aromatic rings. The third kappa shape index (κ3) is 3.76. The Kier molecular flexibility index (Phi) is 4.64. The molecule has 0 spiro atoms. The van der Waals surface area contributed by atoms with Gasteiger partial charge in [0.25, 0.3) is 5.56 Å². The monoisotopic (exact) mass is 344 g/mol. The van der Waals surface area contributed by atoms with Crippen LogP contribution in [0.15, 0.2) is 10.9 Å². The highest BCUT2D eigenvalue weighted by atomic mass is 16.4. The number of aliphatic carboxylic acids is 1. The minimum atomic E-state index is -1.19.